The van der Waals surface area contributed by atoms with Gasteiger partial charge in [-0.3, -0.25) is 9.78 Å². The minimum absolute atomic E-state index is 0.0966. The molecule has 1 aliphatic rings. The lowest BCUT2D eigenvalue weighted by molar-refractivity contribution is -0.142. The van der Waals surface area contributed by atoms with Crippen LogP contribution in [0, 0.1) is 5.92 Å². The zero-order chi connectivity index (χ0) is 15.1. The van der Waals surface area contributed by atoms with E-state index in [4.69, 9.17) is 4.74 Å². The first-order valence-corrected chi connectivity index (χ1v) is 7.65. The van der Waals surface area contributed by atoms with Gasteiger partial charge < -0.3 is 15.2 Å². The van der Waals surface area contributed by atoms with Crippen LogP contribution < -0.4 is 10.1 Å². The highest BCUT2D eigenvalue weighted by atomic mass is 16.5. The van der Waals surface area contributed by atoms with Gasteiger partial charge in [-0.15, -0.1) is 0 Å². The highest BCUT2D eigenvalue weighted by Gasteiger charge is 2.29. The molecule has 0 spiro atoms. The molecule has 1 fully saturated rings. The number of carboxylic acids is 1. The van der Waals surface area contributed by atoms with Crippen LogP contribution in [0.4, 0.5) is 5.82 Å². The maximum Gasteiger partial charge on any atom is 0.308 e. The number of anilines is 1. The lowest BCUT2D eigenvalue weighted by Crippen LogP contribution is -2.34. The van der Waals surface area contributed by atoms with Crippen molar-refractivity contribution in [3.8, 4) is 5.88 Å². The molecule has 2 rings (SSSR count). The van der Waals surface area contributed by atoms with Crippen LogP contribution in [0.3, 0.4) is 0 Å². The van der Waals surface area contributed by atoms with Crippen molar-refractivity contribution in [2.75, 3.05) is 11.9 Å². The molecule has 6 nitrogen and oxygen atoms in total. The van der Waals surface area contributed by atoms with Crippen molar-refractivity contribution in [1.82, 2.24) is 9.97 Å². The molecule has 0 radical (unpaired) electrons. The Morgan fingerprint density at radius 2 is 2.19 bits per heavy atom. The van der Waals surface area contributed by atoms with Gasteiger partial charge in [0, 0.05) is 6.04 Å². The molecule has 0 aliphatic heterocycles. The van der Waals surface area contributed by atoms with Gasteiger partial charge in [0.2, 0.25) is 5.88 Å². The Bertz CT molecular complexity index is 467. The predicted molar refractivity (Wildman–Crippen MR) is 79.4 cm³/mol. The maximum atomic E-state index is 11.4. The average Bonchev–Trinajstić information content (AvgIpc) is 2.71. The van der Waals surface area contributed by atoms with Gasteiger partial charge in [-0.25, -0.2) is 0 Å². The molecule has 0 aromatic carbocycles. The largest absolute Gasteiger partial charge is 0.481 e. The van der Waals surface area contributed by atoms with E-state index in [1.807, 2.05) is 6.92 Å². The topological polar surface area (TPSA) is 84.3 Å². The van der Waals surface area contributed by atoms with E-state index in [0.29, 0.717) is 24.7 Å². The van der Waals surface area contributed by atoms with Crippen molar-refractivity contribution in [2.24, 2.45) is 5.92 Å². The number of hydrogen-bond acceptors (Lipinski definition) is 5. The van der Waals surface area contributed by atoms with Crippen LogP contribution in [-0.2, 0) is 4.79 Å². The van der Waals surface area contributed by atoms with E-state index in [0.717, 1.165) is 32.1 Å². The first-order chi connectivity index (χ1) is 10.2. The van der Waals surface area contributed by atoms with Crippen molar-refractivity contribution in [2.45, 2.75) is 51.5 Å². The Hall–Kier alpha value is -1.85. The van der Waals surface area contributed by atoms with Crippen molar-refractivity contribution in [1.29, 1.82) is 0 Å². The molecule has 21 heavy (non-hydrogen) atoms. The van der Waals surface area contributed by atoms with Crippen molar-refractivity contribution < 1.29 is 14.6 Å². The van der Waals surface area contributed by atoms with Gasteiger partial charge in [0.05, 0.1) is 24.9 Å². The molecular weight excluding hydrogens is 270 g/mol. The zero-order valence-electron chi connectivity index (χ0n) is 12.4. The average molecular weight is 293 g/mol. The third kappa shape index (κ3) is 4.58. The second-order valence-electron chi connectivity index (χ2n) is 5.42. The summed E-state index contributed by atoms with van der Waals surface area (Å²) in [5.41, 5.74) is 0. The molecule has 2 atom stereocenters. The third-order valence-electron chi connectivity index (χ3n) is 3.73. The van der Waals surface area contributed by atoms with Crippen LogP contribution in [0.1, 0.15) is 45.4 Å². The number of nitrogens with zero attached hydrogens (tertiary/aromatic N) is 2. The van der Waals surface area contributed by atoms with Gasteiger partial charge in [0.1, 0.15) is 5.82 Å². The first-order valence-electron chi connectivity index (χ1n) is 7.65. The van der Waals surface area contributed by atoms with Crippen LogP contribution in [0.15, 0.2) is 12.4 Å². The van der Waals surface area contributed by atoms with E-state index in [9.17, 15) is 9.90 Å². The minimum atomic E-state index is -0.735. The molecule has 116 valence electrons. The van der Waals surface area contributed by atoms with Crippen LogP contribution in [0.25, 0.3) is 0 Å². The van der Waals surface area contributed by atoms with E-state index in [1.54, 1.807) is 12.4 Å². The summed E-state index contributed by atoms with van der Waals surface area (Å²) in [6.45, 7) is 2.62. The Morgan fingerprint density at radius 1 is 1.38 bits per heavy atom. The monoisotopic (exact) mass is 293 g/mol. The smallest absolute Gasteiger partial charge is 0.308 e. The van der Waals surface area contributed by atoms with Gasteiger partial charge in [0.15, 0.2) is 0 Å². The summed E-state index contributed by atoms with van der Waals surface area (Å²) in [5.74, 6) is -0.0423. The molecule has 0 bridgehead atoms. The zero-order valence-corrected chi connectivity index (χ0v) is 12.4. The fourth-order valence-corrected chi connectivity index (χ4v) is 2.66. The van der Waals surface area contributed by atoms with E-state index in [-0.39, 0.29) is 12.0 Å². The highest BCUT2D eigenvalue weighted by Crippen LogP contribution is 2.26. The molecule has 0 amide bonds. The summed E-state index contributed by atoms with van der Waals surface area (Å²) in [7, 11) is 0. The lowest BCUT2D eigenvalue weighted by Gasteiger charge is -2.23. The number of nitrogens with one attached hydrogen (secondary N) is 1. The van der Waals surface area contributed by atoms with Crippen molar-refractivity contribution >= 4 is 11.8 Å². The van der Waals surface area contributed by atoms with Gasteiger partial charge >= 0.3 is 5.97 Å². The molecule has 1 aromatic heterocycles. The van der Waals surface area contributed by atoms with E-state index in [2.05, 4.69) is 15.3 Å². The number of aliphatic carboxylic acids is 1. The molecule has 1 aromatic rings. The fraction of sp³-hybridized carbons (Fsp3) is 0.667. The summed E-state index contributed by atoms with van der Waals surface area (Å²) in [5, 5.41) is 12.6. The van der Waals surface area contributed by atoms with E-state index < -0.39 is 5.97 Å². The molecule has 0 saturated heterocycles. The highest BCUT2D eigenvalue weighted by molar-refractivity contribution is 5.71. The molecule has 6 heteroatoms. The lowest BCUT2D eigenvalue weighted by atomic mass is 9.95. The van der Waals surface area contributed by atoms with Crippen LogP contribution >= 0.6 is 0 Å². The van der Waals surface area contributed by atoms with Crippen LogP contribution in [0.2, 0.25) is 0 Å². The Balaban J connectivity index is 2.05. The summed E-state index contributed by atoms with van der Waals surface area (Å²) in [6.07, 6.45) is 8.76. The van der Waals surface area contributed by atoms with Gasteiger partial charge in [-0.05, 0) is 19.3 Å². The molecule has 1 heterocycles. The van der Waals surface area contributed by atoms with Gasteiger partial charge in [-0.2, -0.15) is 4.98 Å². The standard InChI is InChI=1S/C15H23N3O3/c1-2-8-21-14-10-16-9-13(18-14)17-12-7-5-3-4-6-11(12)15(19)20/h9-12H,2-8H2,1H3,(H,17,18)(H,19,20). The fourth-order valence-electron chi connectivity index (χ4n) is 2.66. The molecule has 2 unspecified atom stereocenters. The van der Waals surface area contributed by atoms with Gasteiger partial charge in [-0.1, -0.05) is 26.2 Å². The Morgan fingerprint density at radius 3 is 2.95 bits per heavy atom. The summed E-state index contributed by atoms with van der Waals surface area (Å²) >= 11 is 0. The third-order valence-corrected chi connectivity index (χ3v) is 3.73. The number of rotatable bonds is 6. The summed E-state index contributed by atoms with van der Waals surface area (Å²) in [6, 6.07) is -0.0966. The molecule has 1 saturated carbocycles. The summed E-state index contributed by atoms with van der Waals surface area (Å²) in [4.78, 5) is 19.9. The number of carbonyl (C=O) groups is 1. The number of aromatic nitrogens is 2. The number of ether oxygens (including phenoxy) is 1. The second kappa shape index (κ2) is 7.81. The second-order valence-corrected chi connectivity index (χ2v) is 5.42. The van der Waals surface area contributed by atoms with Crippen LogP contribution in [0.5, 0.6) is 5.88 Å². The van der Waals surface area contributed by atoms with E-state index >= 15 is 0 Å². The quantitative estimate of drug-likeness (QED) is 0.784. The normalized spacial score (nSPS) is 22.3. The van der Waals surface area contributed by atoms with E-state index in [1.165, 1.54) is 0 Å². The maximum absolute atomic E-state index is 11.4. The molecule has 1 aliphatic carbocycles. The number of hydrogen-bond donors (Lipinski definition) is 2. The minimum Gasteiger partial charge on any atom is -0.481 e. The first kappa shape index (κ1) is 15.5. The Kier molecular flexibility index (Phi) is 5.78. The summed E-state index contributed by atoms with van der Waals surface area (Å²) < 4.78 is 5.45. The van der Waals surface area contributed by atoms with Crippen LogP contribution in [-0.4, -0.2) is 33.7 Å². The van der Waals surface area contributed by atoms with Gasteiger partial charge in [0.25, 0.3) is 0 Å². The molecular formula is C15H23N3O3. The number of carboxylic acid groups (broad SMARTS) is 1. The Labute approximate surface area is 124 Å². The molecule has 2 N–H and O–H groups in total. The predicted octanol–water partition coefficient (Wildman–Crippen LogP) is 2.71. The van der Waals surface area contributed by atoms with Crippen molar-refractivity contribution in [3.63, 3.8) is 0 Å². The van der Waals surface area contributed by atoms with Crippen molar-refractivity contribution in [3.05, 3.63) is 12.4 Å². The SMILES string of the molecule is CCCOc1cncc(NC2CCCCCC2C(=O)O)n1.